The SMILES string of the molecule is CC(C)(C)OC(=O)N1CCC(N)C12COC2. The normalized spacial score (nSPS) is 28.0. The number of nitrogens with zero attached hydrogens (tertiary/aromatic N) is 1. The van der Waals surface area contributed by atoms with Crippen LogP contribution < -0.4 is 5.73 Å². The van der Waals surface area contributed by atoms with E-state index >= 15 is 0 Å². The highest BCUT2D eigenvalue weighted by Gasteiger charge is 2.55. The first-order valence-electron chi connectivity index (χ1n) is 5.69. The van der Waals surface area contributed by atoms with E-state index in [4.69, 9.17) is 15.2 Å². The zero-order chi connectivity index (χ0) is 12.0. The summed E-state index contributed by atoms with van der Waals surface area (Å²) in [6.45, 7) is 7.33. The van der Waals surface area contributed by atoms with Gasteiger partial charge in [-0.15, -0.1) is 0 Å². The molecule has 2 aliphatic rings. The molecule has 2 fully saturated rings. The molecule has 2 N–H and O–H groups in total. The van der Waals surface area contributed by atoms with Crippen molar-refractivity contribution < 1.29 is 14.3 Å². The molecular weight excluding hydrogens is 208 g/mol. The standard InChI is InChI=1S/C11H20N2O3/c1-10(2,3)16-9(14)13-5-4-8(12)11(13)6-15-7-11/h8H,4-7,12H2,1-3H3. The highest BCUT2D eigenvalue weighted by atomic mass is 16.6. The Morgan fingerprint density at radius 3 is 2.56 bits per heavy atom. The molecule has 0 aromatic heterocycles. The van der Waals surface area contributed by atoms with Crippen LogP contribution in [0.1, 0.15) is 27.2 Å². The Bertz CT molecular complexity index is 294. The van der Waals surface area contributed by atoms with Crippen LogP contribution in [0, 0.1) is 0 Å². The maximum absolute atomic E-state index is 12.0. The highest BCUT2D eigenvalue weighted by Crippen LogP contribution is 2.36. The Kier molecular flexibility index (Phi) is 2.62. The number of hydrogen-bond acceptors (Lipinski definition) is 4. The topological polar surface area (TPSA) is 64.8 Å². The first-order chi connectivity index (χ1) is 7.35. The Hall–Kier alpha value is -0.810. The molecule has 2 saturated heterocycles. The number of nitrogens with two attached hydrogens (primary N) is 1. The molecule has 1 spiro atoms. The molecule has 0 bridgehead atoms. The monoisotopic (exact) mass is 228 g/mol. The fourth-order valence-electron chi connectivity index (χ4n) is 2.23. The summed E-state index contributed by atoms with van der Waals surface area (Å²) in [5.74, 6) is 0. The third-order valence-electron chi connectivity index (χ3n) is 3.21. The molecule has 2 heterocycles. The van der Waals surface area contributed by atoms with Gasteiger partial charge in [0.2, 0.25) is 0 Å². The van der Waals surface area contributed by atoms with Crippen LogP contribution in [0.15, 0.2) is 0 Å². The summed E-state index contributed by atoms with van der Waals surface area (Å²) >= 11 is 0. The second-order valence-electron chi connectivity index (χ2n) is 5.62. The average Bonchev–Trinajstić information content (AvgIpc) is 2.38. The molecule has 0 aromatic carbocycles. The molecule has 1 atom stereocenters. The van der Waals surface area contributed by atoms with Crippen LogP contribution in [0.4, 0.5) is 4.79 Å². The largest absolute Gasteiger partial charge is 0.444 e. The lowest BCUT2D eigenvalue weighted by atomic mass is 9.90. The molecule has 0 saturated carbocycles. The Balaban J connectivity index is 2.07. The molecule has 5 nitrogen and oxygen atoms in total. The molecule has 0 aliphatic carbocycles. The highest BCUT2D eigenvalue weighted by molar-refractivity contribution is 5.70. The van der Waals surface area contributed by atoms with Gasteiger partial charge in [-0.3, -0.25) is 4.90 Å². The molecular formula is C11H20N2O3. The molecule has 16 heavy (non-hydrogen) atoms. The number of ether oxygens (including phenoxy) is 2. The van der Waals surface area contributed by atoms with Gasteiger partial charge >= 0.3 is 6.09 Å². The quantitative estimate of drug-likeness (QED) is 0.663. The van der Waals surface area contributed by atoms with E-state index in [0.29, 0.717) is 19.8 Å². The third kappa shape index (κ3) is 1.78. The van der Waals surface area contributed by atoms with E-state index in [1.807, 2.05) is 20.8 Å². The maximum Gasteiger partial charge on any atom is 0.410 e. The van der Waals surface area contributed by atoms with Gasteiger partial charge in [0.25, 0.3) is 0 Å². The lowest BCUT2D eigenvalue weighted by molar-refractivity contribution is -0.126. The van der Waals surface area contributed by atoms with Crippen LogP contribution >= 0.6 is 0 Å². The summed E-state index contributed by atoms with van der Waals surface area (Å²) in [7, 11) is 0. The van der Waals surface area contributed by atoms with E-state index in [9.17, 15) is 4.79 Å². The second-order valence-corrected chi connectivity index (χ2v) is 5.62. The van der Waals surface area contributed by atoms with Crippen LogP contribution in [0.3, 0.4) is 0 Å². The molecule has 1 amide bonds. The third-order valence-corrected chi connectivity index (χ3v) is 3.21. The van der Waals surface area contributed by atoms with Crippen molar-refractivity contribution in [3.05, 3.63) is 0 Å². The van der Waals surface area contributed by atoms with Crippen molar-refractivity contribution in [3.8, 4) is 0 Å². The van der Waals surface area contributed by atoms with Gasteiger partial charge in [0.05, 0.1) is 13.2 Å². The van der Waals surface area contributed by atoms with Crippen molar-refractivity contribution in [2.45, 2.75) is 44.4 Å². The fourth-order valence-corrected chi connectivity index (χ4v) is 2.23. The van der Waals surface area contributed by atoms with Gasteiger partial charge in [-0.05, 0) is 27.2 Å². The van der Waals surface area contributed by atoms with Crippen molar-refractivity contribution in [2.75, 3.05) is 19.8 Å². The minimum atomic E-state index is -0.463. The number of carbonyl (C=O) groups is 1. The fraction of sp³-hybridized carbons (Fsp3) is 0.909. The van der Waals surface area contributed by atoms with Gasteiger partial charge in [0.15, 0.2) is 0 Å². The van der Waals surface area contributed by atoms with E-state index in [-0.39, 0.29) is 17.7 Å². The summed E-state index contributed by atoms with van der Waals surface area (Å²) in [5, 5.41) is 0. The molecule has 1 unspecified atom stereocenters. The first kappa shape index (κ1) is 11.7. The smallest absolute Gasteiger partial charge is 0.410 e. The predicted molar refractivity (Wildman–Crippen MR) is 59.1 cm³/mol. The van der Waals surface area contributed by atoms with Gasteiger partial charge in [-0.25, -0.2) is 4.79 Å². The molecule has 92 valence electrons. The molecule has 0 aromatic rings. The summed E-state index contributed by atoms with van der Waals surface area (Å²) in [6.07, 6.45) is 0.548. The van der Waals surface area contributed by atoms with E-state index in [0.717, 1.165) is 6.42 Å². The lowest BCUT2D eigenvalue weighted by Gasteiger charge is -2.47. The summed E-state index contributed by atoms with van der Waals surface area (Å²) in [5.41, 5.74) is 5.27. The van der Waals surface area contributed by atoms with Crippen LogP contribution in [0.5, 0.6) is 0 Å². The zero-order valence-electron chi connectivity index (χ0n) is 10.2. The minimum absolute atomic E-state index is 0.00812. The number of carbonyl (C=O) groups excluding carboxylic acids is 1. The number of hydrogen-bond donors (Lipinski definition) is 1. The molecule has 0 radical (unpaired) electrons. The van der Waals surface area contributed by atoms with Gasteiger partial charge in [0.1, 0.15) is 11.1 Å². The van der Waals surface area contributed by atoms with Crippen LogP contribution in [0.2, 0.25) is 0 Å². The summed E-state index contributed by atoms with van der Waals surface area (Å²) < 4.78 is 10.6. The van der Waals surface area contributed by atoms with E-state index < -0.39 is 5.60 Å². The van der Waals surface area contributed by atoms with Crippen molar-refractivity contribution in [1.82, 2.24) is 4.90 Å². The van der Waals surface area contributed by atoms with Gasteiger partial charge in [0, 0.05) is 12.6 Å². The lowest BCUT2D eigenvalue weighted by Crippen LogP contribution is -2.67. The summed E-state index contributed by atoms with van der Waals surface area (Å²) in [4.78, 5) is 13.7. The van der Waals surface area contributed by atoms with E-state index in [2.05, 4.69) is 0 Å². The van der Waals surface area contributed by atoms with Gasteiger partial charge in [-0.1, -0.05) is 0 Å². The second kappa shape index (κ2) is 3.60. The van der Waals surface area contributed by atoms with Crippen LogP contribution in [0.25, 0.3) is 0 Å². The van der Waals surface area contributed by atoms with Crippen molar-refractivity contribution in [3.63, 3.8) is 0 Å². The zero-order valence-corrected chi connectivity index (χ0v) is 10.2. The number of amides is 1. The minimum Gasteiger partial charge on any atom is -0.444 e. The summed E-state index contributed by atoms with van der Waals surface area (Å²) in [6, 6.07) is 0.00812. The maximum atomic E-state index is 12.0. The van der Waals surface area contributed by atoms with Crippen molar-refractivity contribution in [1.29, 1.82) is 0 Å². The van der Waals surface area contributed by atoms with Crippen LogP contribution in [-0.2, 0) is 9.47 Å². The molecule has 2 aliphatic heterocycles. The van der Waals surface area contributed by atoms with Gasteiger partial charge < -0.3 is 15.2 Å². The Labute approximate surface area is 95.9 Å². The Morgan fingerprint density at radius 1 is 1.50 bits per heavy atom. The van der Waals surface area contributed by atoms with Crippen molar-refractivity contribution >= 4 is 6.09 Å². The average molecular weight is 228 g/mol. The first-order valence-corrected chi connectivity index (χ1v) is 5.69. The van der Waals surface area contributed by atoms with E-state index in [1.54, 1.807) is 4.90 Å². The Morgan fingerprint density at radius 2 is 2.12 bits per heavy atom. The number of rotatable bonds is 0. The molecule has 5 heteroatoms. The van der Waals surface area contributed by atoms with Crippen molar-refractivity contribution in [2.24, 2.45) is 5.73 Å². The van der Waals surface area contributed by atoms with E-state index in [1.165, 1.54) is 0 Å². The van der Waals surface area contributed by atoms with Crippen LogP contribution in [-0.4, -0.2) is 47.9 Å². The predicted octanol–water partition coefficient (Wildman–Crippen LogP) is 0.723. The van der Waals surface area contributed by atoms with Gasteiger partial charge in [-0.2, -0.15) is 0 Å². The molecule has 2 rings (SSSR count). The number of likely N-dealkylation sites (tertiary alicyclic amines) is 1.